The van der Waals surface area contributed by atoms with Crippen LogP contribution in [0.5, 0.6) is 0 Å². The van der Waals surface area contributed by atoms with E-state index in [2.05, 4.69) is 6.92 Å². The summed E-state index contributed by atoms with van der Waals surface area (Å²) >= 11 is 0. The van der Waals surface area contributed by atoms with Crippen LogP contribution in [0, 0.1) is 5.92 Å². The van der Waals surface area contributed by atoms with E-state index in [0.29, 0.717) is 12.2 Å². The van der Waals surface area contributed by atoms with Crippen molar-refractivity contribution in [3.8, 4) is 0 Å². The lowest BCUT2D eigenvalue weighted by Gasteiger charge is -2.25. The van der Waals surface area contributed by atoms with Crippen LogP contribution < -0.4 is 0 Å². The molecule has 82 valence electrons. The summed E-state index contributed by atoms with van der Waals surface area (Å²) in [5.41, 5.74) is 0. The smallest absolute Gasteiger partial charge is 0.138 e. The van der Waals surface area contributed by atoms with Gasteiger partial charge in [0.15, 0.2) is 0 Å². The van der Waals surface area contributed by atoms with Gasteiger partial charge in [-0.1, -0.05) is 32.6 Å². The molecule has 0 saturated heterocycles. The van der Waals surface area contributed by atoms with E-state index in [-0.39, 0.29) is 12.0 Å². The summed E-state index contributed by atoms with van der Waals surface area (Å²) in [7, 11) is 0. The van der Waals surface area contributed by atoms with Crippen LogP contribution in [0.2, 0.25) is 0 Å². The minimum Gasteiger partial charge on any atom is -0.392 e. The zero-order valence-electron chi connectivity index (χ0n) is 9.17. The molecule has 0 aromatic carbocycles. The molecule has 0 aliphatic heterocycles. The predicted octanol–water partition coefficient (Wildman–Crippen LogP) is 2.69. The number of hydrogen-bond donors (Lipinski definition) is 1. The molecule has 1 fully saturated rings. The van der Waals surface area contributed by atoms with Crippen molar-refractivity contribution in [2.75, 3.05) is 0 Å². The minimum atomic E-state index is -0.366. The summed E-state index contributed by atoms with van der Waals surface area (Å²) < 4.78 is 0. The highest BCUT2D eigenvalue weighted by molar-refractivity contribution is 5.82. The molecule has 0 heterocycles. The van der Waals surface area contributed by atoms with Gasteiger partial charge in [0.05, 0.1) is 6.10 Å². The zero-order chi connectivity index (χ0) is 10.4. The lowest BCUT2D eigenvalue weighted by Crippen LogP contribution is -2.30. The Hall–Kier alpha value is -0.370. The van der Waals surface area contributed by atoms with E-state index in [1.54, 1.807) is 0 Å². The maximum atomic E-state index is 11.5. The Bertz CT molecular complexity index is 177. The van der Waals surface area contributed by atoms with Crippen LogP contribution in [0.25, 0.3) is 0 Å². The second-order valence-electron chi connectivity index (χ2n) is 4.38. The van der Waals surface area contributed by atoms with Gasteiger partial charge in [-0.2, -0.15) is 0 Å². The van der Waals surface area contributed by atoms with Crippen LogP contribution >= 0.6 is 0 Å². The molecule has 0 radical (unpaired) electrons. The van der Waals surface area contributed by atoms with Gasteiger partial charge in [0.1, 0.15) is 5.78 Å². The van der Waals surface area contributed by atoms with Crippen molar-refractivity contribution in [2.24, 2.45) is 5.92 Å². The molecule has 2 heteroatoms. The fourth-order valence-electron chi connectivity index (χ4n) is 2.22. The van der Waals surface area contributed by atoms with E-state index in [9.17, 15) is 9.90 Å². The standard InChI is InChI=1S/C12H22O2/c1-2-3-4-8-11(13)10-7-5-6-9-12(10)14/h10-11,13H,2-9H2,1H3. The maximum absolute atomic E-state index is 11.5. The van der Waals surface area contributed by atoms with Crippen molar-refractivity contribution in [2.45, 2.75) is 64.4 Å². The number of unbranched alkanes of at least 4 members (excludes halogenated alkanes) is 2. The van der Waals surface area contributed by atoms with Gasteiger partial charge in [0.25, 0.3) is 0 Å². The van der Waals surface area contributed by atoms with Crippen molar-refractivity contribution in [1.82, 2.24) is 0 Å². The fourth-order valence-corrected chi connectivity index (χ4v) is 2.22. The summed E-state index contributed by atoms with van der Waals surface area (Å²) in [5, 5.41) is 9.85. The van der Waals surface area contributed by atoms with Crippen molar-refractivity contribution < 1.29 is 9.90 Å². The summed E-state index contributed by atoms with van der Waals surface area (Å²) in [4.78, 5) is 11.5. The first kappa shape index (κ1) is 11.7. The zero-order valence-corrected chi connectivity index (χ0v) is 9.17. The highest BCUT2D eigenvalue weighted by atomic mass is 16.3. The monoisotopic (exact) mass is 198 g/mol. The highest BCUT2D eigenvalue weighted by Crippen LogP contribution is 2.25. The summed E-state index contributed by atoms with van der Waals surface area (Å²) in [5.74, 6) is 0.251. The van der Waals surface area contributed by atoms with Gasteiger partial charge in [0, 0.05) is 12.3 Å². The molecule has 0 spiro atoms. The molecule has 1 N–H and O–H groups in total. The molecular formula is C12H22O2. The molecule has 1 aliphatic carbocycles. The first-order valence-corrected chi connectivity index (χ1v) is 5.96. The Morgan fingerprint density at radius 1 is 1.43 bits per heavy atom. The molecule has 2 nitrogen and oxygen atoms in total. The van der Waals surface area contributed by atoms with Gasteiger partial charge in [-0.15, -0.1) is 0 Å². The molecular weight excluding hydrogens is 176 g/mol. The SMILES string of the molecule is CCCCCC(O)C1CCCCC1=O. The number of aliphatic hydroxyl groups is 1. The number of hydrogen-bond acceptors (Lipinski definition) is 2. The molecule has 0 aromatic rings. The highest BCUT2D eigenvalue weighted by Gasteiger charge is 2.28. The van der Waals surface area contributed by atoms with E-state index in [1.165, 1.54) is 6.42 Å². The van der Waals surface area contributed by atoms with Crippen molar-refractivity contribution in [3.05, 3.63) is 0 Å². The Balaban J connectivity index is 2.27. The van der Waals surface area contributed by atoms with Gasteiger partial charge in [-0.3, -0.25) is 4.79 Å². The number of aliphatic hydroxyl groups excluding tert-OH is 1. The van der Waals surface area contributed by atoms with Gasteiger partial charge >= 0.3 is 0 Å². The van der Waals surface area contributed by atoms with Gasteiger partial charge < -0.3 is 5.11 Å². The lowest BCUT2D eigenvalue weighted by molar-refractivity contribution is -0.128. The summed E-state index contributed by atoms with van der Waals surface area (Å²) in [6, 6.07) is 0. The number of carbonyl (C=O) groups is 1. The molecule has 1 rings (SSSR count). The van der Waals surface area contributed by atoms with E-state index >= 15 is 0 Å². The largest absolute Gasteiger partial charge is 0.392 e. The molecule has 2 unspecified atom stereocenters. The predicted molar refractivity (Wildman–Crippen MR) is 57.1 cm³/mol. The van der Waals surface area contributed by atoms with Crippen molar-refractivity contribution in [3.63, 3.8) is 0 Å². The third kappa shape index (κ3) is 3.41. The summed E-state index contributed by atoms with van der Waals surface area (Å²) in [6.07, 6.45) is 7.57. The molecule has 1 aliphatic rings. The van der Waals surface area contributed by atoms with Crippen molar-refractivity contribution in [1.29, 1.82) is 0 Å². The average Bonchev–Trinajstić information content (AvgIpc) is 2.18. The maximum Gasteiger partial charge on any atom is 0.138 e. The first-order chi connectivity index (χ1) is 6.75. The van der Waals surface area contributed by atoms with Crippen LogP contribution in [0.4, 0.5) is 0 Å². The Morgan fingerprint density at radius 2 is 2.21 bits per heavy atom. The number of Topliss-reactive ketones (excluding diaryl/α,β-unsaturated/α-hetero) is 1. The molecule has 14 heavy (non-hydrogen) atoms. The van der Waals surface area contributed by atoms with Gasteiger partial charge in [-0.25, -0.2) is 0 Å². The van der Waals surface area contributed by atoms with Crippen LogP contribution in [0.3, 0.4) is 0 Å². The van der Waals surface area contributed by atoms with Crippen molar-refractivity contribution >= 4 is 5.78 Å². The molecule has 2 atom stereocenters. The van der Waals surface area contributed by atoms with Crippen LogP contribution in [0.15, 0.2) is 0 Å². The molecule has 0 amide bonds. The van der Waals surface area contributed by atoms with E-state index in [1.807, 2.05) is 0 Å². The van der Waals surface area contributed by atoms with Crippen LogP contribution in [-0.2, 0) is 4.79 Å². The van der Waals surface area contributed by atoms with E-state index < -0.39 is 0 Å². The number of rotatable bonds is 5. The van der Waals surface area contributed by atoms with Crippen LogP contribution in [-0.4, -0.2) is 17.0 Å². The van der Waals surface area contributed by atoms with Crippen LogP contribution in [0.1, 0.15) is 58.3 Å². The molecule has 0 bridgehead atoms. The van der Waals surface area contributed by atoms with E-state index in [0.717, 1.165) is 38.5 Å². The fraction of sp³-hybridized carbons (Fsp3) is 0.917. The topological polar surface area (TPSA) is 37.3 Å². The minimum absolute atomic E-state index is 0.0411. The second kappa shape index (κ2) is 6.18. The normalized spacial score (nSPS) is 25.0. The number of ketones is 1. The second-order valence-corrected chi connectivity index (χ2v) is 4.38. The lowest BCUT2D eigenvalue weighted by atomic mass is 9.82. The van der Waals surface area contributed by atoms with Gasteiger partial charge in [-0.05, 0) is 19.3 Å². The Morgan fingerprint density at radius 3 is 2.86 bits per heavy atom. The first-order valence-electron chi connectivity index (χ1n) is 5.96. The number of carbonyl (C=O) groups excluding carboxylic acids is 1. The van der Waals surface area contributed by atoms with Gasteiger partial charge in [0.2, 0.25) is 0 Å². The molecule has 0 aromatic heterocycles. The Kier molecular flexibility index (Phi) is 5.16. The third-order valence-electron chi connectivity index (χ3n) is 3.17. The quantitative estimate of drug-likeness (QED) is 0.690. The Labute approximate surface area is 86.7 Å². The summed E-state index contributed by atoms with van der Waals surface area (Å²) in [6.45, 7) is 2.15. The average molecular weight is 198 g/mol. The molecule has 1 saturated carbocycles. The third-order valence-corrected chi connectivity index (χ3v) is 3.17. The van der Waals surface area contributed by atoms with E-state index in [4.69, 9.17) is 0 Å².